The van der Waals surface area contributed by atoms with Crippen molar-refractivity contribution >= 4 is 5.91 Å². The van der Waals surface area contributed by atoms with Crippen LogP contribution >= 0.6 is 0 Å². The Morgan fingerprint density at radius 1 is 1.64 bits per heavy atom. The first-order valence-corrected chi connectivity index (χ1v) is 5.03. The van der Waals surface area contributed by atoms with Gasteiger partial charge < -0.3 is 15.4 Å². The van der Waals surface area contributed by atoms with E-state index < -0.39 is 0 Å². The molecule has 0 aromatic rings. The summed E-state index contributed by atoms with van der Waals surface area (Å²) in [4.78, 5) is 13.6. The van der Waals surface area contributed by atoms with Crippen LogP contribution in [-0.2, 0) is 9.53 Å². The minimum atomic E-state index is -0.371. The summed E-state index contributed by atoms with van der Waals surface area (Å²) < 4.78 is 5.22. The zero-order valence-corrected chi connectivity index (χ0v) is 9.25. The zero-order valence-electron chi connectivity index (χ0n) is 9.25. The first-order valence-electron chi connectivity index (χ1n) is 5.03. The summed E-state index contributed by atoms with van der Waals surface area (Å²) in [5, 5.41) is 0. The van der Waals surface area contributed by atoms with Crippen LogP contribution in [0.15, 0.2) is 0 Å². The summed E-state index contributed by atoms with van der Waals surface area (Å²) >= 11 is 0. The van der Waals surface area contributed by atoms with Crippen molar-refractivity contribution in [1.29, 1.82) is 0 Å². The van der Waals surface area contributed by atoms with E-state index in [-0.39, 0.29) is 17.6 Å². The molecule has 2 N–H and O–H groups in total. The zero-order chi connectivity index (χ0) is 10.8. The minimum Gasteiger partial charge on any atom is -0.378 e. The lowest BCUT2D eigenvalue weighted by atomic mass is 10.0. The molecule has 1 saturated heterocycles. The van der Waals surface area contributed by atoms with Gasteiger partial charge in [-0.25, -0.2) is 0 Å². The SMILES string of the molecule is COC(C)(C)CC(=O)N1CC[C@H](N)C1. The van der Waals surface area contributed by atoms with Gasteiger partial charge in [-0.1, -0.05) is 0 Å². The van der Waals surface area contributed by atoms with Crippen molar-refractivity contribution in [2.45, 2.75) is 38.3 Å². The molecule has 0 aromatic carbocycles. The maximum Gasteiger partial charge on any atom is 0.225 e. The molecular formula is C10H20N2O2. The first kappa shape index (κ1) is 11.5. The van der Waals surface area contributed by atoms with Crippen molar-refractivity contribution in [2.24, 2.45) is 5.73 Å². The number of amides is 1. The van der Waals surface area contributed by atoms with Crippen LogP contribution in [0.5, 0.6) is 0 Å². The Morgan fingerprint density at radius 2 is 2.29 bits per heavy atom. The maximum absolute atomic E-state index is 11.8. The molecule has 1 amide bonds. The third-order valence-electron chi connectivity index (χ3n) is 2.71. The molecule has 0 aromatic heterocycles. The highest BCUT2D eigenvalue weighted by Gasteiger charge is 2.28. The fourth-order valence-electron chi connectivity index (χ4n) is 1.56. The highest BCUT2D eigenvalue weighted by molar-refractivity contribution is 5.77. The summed E-state index contributed by atoms with van der Waals surface area (Å²) in [6.07, 6.45) is 1.34. The fraction of sp³-hybridized carbons (Fsp3) is 0.900. The van der Waals surface area contributed by atoms with Crippen LogP contribution in [0.1, 0.15) is 26.7 Å². The van der Waals surface area contributed by atoms with Gasteiger partial charge in [-0.15, -0.1) is 0 Å². The minimum absolute atomic E-state index is 0.143. The van der Waals surface area contributed by atoms with Crippen LogP contribution in [0, 0.1) is 0 Å². The van der Waals surface area contributed by atoms with E-state index in [2.05, 4.69) is 0 Å². The van der Waals surface area contributed by atoms with Crippen molar-refractivity contribution in [2.75, 3.05) is 20.2 Å². The van der Waals surface area contributed by atoms with Gasteiger partial charge in [0.05, 0.1) is 12.0 Å². The van der Waals surface area contributed by atoms with E-state index >= 15 is 0 Å². The molecule has 1 heterocycles. The summed E-state index contributed by atoms with van der Waals surface area (Å²) in [5.41, 5.74) is 5.36. The lowest BCUT2D eigenvalue weighted by Gasteiger charge is -2.25. The number of rotatable bonds is 3. The molecule has 0 unspecified atom stereocenters. The molecule has 0 bridgehead atoms. The number of nitrogens with zero attached hydrogens (tertiary/aromatic N) is 1. The Bertz CT molecular complexity index is 216. The van der Waals surface area contributed by atoms with E-state index in [4.69, 9.17) is 10.5 Å². The molecule has 0 radical (unpaired) electrons. The largest absolute Gasteiger partial charge is 0.378 e. The van der Waals surface area contributed by atoms with Crippen molar-refractivity contribution < 1.29 is 9.53 Å². The van der Waals surface area contributed by atoms with Crippen molar-refractivity contribution in [1.82, 2.24) is 4.90 Å². The molecule has 82 valence electrons. The van der Waals surface area contributed by atoms with Crippen molar-refractivity contribution in [3.63, 3.8) is 0 Å². The Labute approximate surface area is 85.4 Å². The van der Waals surface area contributed by atoms with Gasteiger partial charge in [0.2, 0.25) is 5.91 Å². The van der Waals surface area contributed by atoms with Gasteiger partial charge in [0.15, 0.2) is 0 Å². The standard InChI is InChI=1S/C10H20N2O2/c1-10(2,14-3)6-9(13)12-5-4-8(11)7-12/h8H,4-7,11H2,1-3H3/t8-/m0/s1. The second kappa shape index (κ2) is 4.28. The van der Waals surface area contributed by atoms with Gasteiger partial charge in [0, 0.05) is 26.2 Å². The van der Waals surface area contributed by atoms with Crippen LogP contribution in [0.25, 0.3) is 0 Å². The van der Waals surface area contributed by atoms with Gasteiger partial charge in [-0.3, -0.25) is 4.79 Å². The lowest BCUT2D eigenvalue weighted by Crippen LogP contribution is -2.37. The number of methoxy groups -OCH3 is 1. The molecule has 0 saturated carbocycles. The summed E-state index contributed by atoms with van der Waals surface area (Å²) in [7, 11) is 1.63. The average molecular weight is 200 g/mol. The summed E-state index contributed by atoms with van der Waals surface area (Å²) in [6.45, 7) is 5.32. The predicted octanol–water partition coefficient (Wildman–Crippen LogP) is 0.361. The van der Waals surface area contributed by atoms with E-state index in [0.717, 1.165) is 13.0 Å². The molecule has 1 aliphatic heterocycles. The number of nitrogens with two attached hydrogens (primary N) is 1. The molecule has 14 heavy (non-hydrogen) atoms. The molecule has 1 rings (SSSR count). The predicted molar refractivity (Wildman–Crippen MR) is 54.9 cm³/mol. The molecule has 4 nitrogen and oxygen atoms in total. The topological polar surface area (TPSA) is 55.6 Å². The van der Waals surface area contributed by atoms with Gasteiger partial charge in [-0.05, 0) is 20.3 Å². The number of ether oxygens (including phenoxy) is 1. The molecular weight excluding hydrogens is 180 g/mol. The second-order valence-corrected chi connectivity index (χ2v) is 4.53. The van der Waals surface area contributed by atoms with Crippen molar-refractivity contribution in [3.05, 3.63) is 0 Å². The normalized spacial score (nSPS) is 22.9. The highest BCUT2D eigenvalue weighted by Crippen LogP contribution is 2.17. The van der Waals surface area contributed by atoms with E-state index in [1.807, 2.05) is 18.7 Å². The number of hydrogen-bond acceptors (Lipinski definition) is 3. The number of hydrogen-bond donors (Lipinski definition) is 1. The quantitative estimate of drug-likeness (QED) is 0.715. The van der Waals surface area contributed by atoms with E-state index in [1.54, 1.807) is 7.11 Å². The number of carbonyl (C=O) groups is 1. The maximum atomic E-state index is 11.8. The third kappa shape index (κ3) is 2.96. The monoisotopic (exact) mass is 200 g/mol. The van der Waals surface area contributed by atoms with Gasteiger partial charge in [0.25, 0.3) is 0 Å². The molecule has 4 heteroatoms. The molecule has 1 aliphatic rings. The Hall–Kier alpha value is -0.610. The summed E-state index contributed by atoms with van der Waals surface area (Å²) in [5.74, 6) is 0.143. The molecule has 0 spiro atoms. The Morgan fingerprint density at radius 3 is 2.71 bits per heavy atom. The van der Waals surface area contributed by atoms with Crippen LogP contribution in [0.3, 0.4) is 0 Å². The van der Waals surface area contributed by atoms with E-state index in [9.17, 15) is 4.79 Å². The Balaban J connectivity index is 2.43. The number of likely N-dealkylation sites (tertiary alicyclic amines) is 1. The van der Waals surface area contributed by atoms with Gasteiger partial charge in [-0.2, -0.15) is 0 Å². The van der Waals surface area contributed by atoms with Gasteiger partial charge >= 0.3 is 0 Å². The Kier molecular flexibility index (Phi) is 3.50. The highest BCUT2D eigenvalue weighted by atomic mass is 16.5. The number of carbonyl (C=O) groups excluding carboxylic acids is 1. The average Bonchev–Trinajstić information content (AvgIpc) is 2.51. The van der Waals surface area contributed by atoms with Crippen LogP contribution < -0.4 is 5.73 Å². The second-order valence-electron chi connectivity index (χ2n) is 4.53. The van der Waals surface area contributed by atoms with E-state index in [1.165, 1.54) is 0 Å². The van der Waals surface area contributed by atoms with Crippen LogP contribution in [0.4, 0.5) is 0 Å². The molecule has 1 atom stereocenters. The smallest absolute Gasteiger partial charge is 0.225 e. The molecule has 1 fully saturated rings. The first-order chi connectivity index (χ1) is 6.44. The fourth-order valence-corrected chi connectivity index (χ4v) is 1.56. The third-order valence-corrected chi connectivity index (χ3v) is 2.71. The van der Waals surface area contributed by atoms with Gasteiger partial charge in [0.1, 0.15) is 0 Å². The van der Waals surface area contributed by atoms with Crippen LogP contribution in [-0.4, -0.2) is 42.6 Å². The van der Waals surface area contributed by atoms with E-state index in [0.29, 0.717) is 13.0 Å². The lowest BCUT2D eigenvalue weighted by molar-refractivity contribution is -0.135. The van der Waals surface area contributed by atoms with Crippen LogP contribution in [0.2, 0.25) is 0 Å². The molecule has 0 aliphatic carbocycles. The van der Waals surface area contributed by atoms with Crippen molar-refractivity contribution in [3.8, 4) is 0 Å². The summed E-state index contributed by atoms with van der Waals surface area (Å²) in [6, 6.07) is 0.157.